The number of nitrogens with zero attached hydrogens (tertiary/aromatic N) is 1. The number of hydrogen-bond donors (Lipinski definition) is 3. The number of carbonyl (C=O) groups excluding carboxylic acids is 1. The molecule has 0 saturated carbocycles. The summed E-state index contributed by atoms with van der Waals surface area (Å²) in [6.45, 7) is 2.02. The van der Waals surface area contributed by atoms with Crippen LogP contribution in [0.3, 0.4) is 0 Å². The molecule has 0 spiro atoms. The first-order chi connectivity index (χ1) is 18.4. The number of amides is 2. The average molecular weight is 502 g/mol. The van der Waals surface area contributed by atoms with Gasteiger partial charge in [-0.25, -0.2) is 9.59 Å². The van der Waals surface area contributed by atoms with Crippen LogP contribution in [-0.2, 0) is 0 Å². The Morgan fingerprint density at radius 3 is 2.24 bits per heavy atom. The van der Waals surface area contributed by atoms with E-state index in [2.05, 4.69) is 10.6 Å². The second-order valence-corrected chi connectivity index (χ2v) is 9.14. The number of aryl methyl sites for hydroxylation is 1. The summed E-state index contributed by atoms with van der Waals surface area (Å²) in [6.07, 6.45) is 0. The number of carboxylic acids is 1. The Labute approximate surface area is 221 Å². The summed E-state index contributed by atoms with van der Waals surface area (Å²) in [4.78, 5) is 25.9. The second-order valence-electron chi connectivity index (χ2n) is 9.14. The van der Waals surface area contributed by atoms with Gasteiger partial charge in [0.1, 0.15) is 0 Å². The van der Waals surface area contributed by atoms with Gasteiger partial charge in [-0.05, 0) is 89.0 Å². The van der Waals surface area contributed by atoms with Crippen LogP contribution < -0.4 is 15.5 Å². The van der Waals surface area contributed by atoms with Gasteiger partial charge in [-0.1, -0.05) is 54.6 Å². The molecule has 0 aromatic heterocycles. The lowest BCUT2D eigenvalue weighted by molar-refractivity contribution is 0.0697. The number of hydrogen-bond acceptors (Lipinski definition) is 3. The molecule has 0 unspecified atom stereocenters. The van der Waals surface area contributed by atoms with Crippen molar-refractivity contribution in [1.29, 1.82) is 0 Å². The molecule has 0 atom stereocenters. The van der Waals surface area contributed by atoms with Gasteiger partial charge in [-0.15, -0.1) is 0 Å². The predicted molar refractivity (Wildman–Crippen MR) is 155 cm³/mol. The fourth-order valence-electron chi connectivity index (χ4n) is 4.44. The van der Waals surface area contributed by atoms with E-state index >= 15 is 0 Å². The molecule has 6 heteroatoms. The number of fused-ring (bicyclic) bond motifs is 1. The van der Waals surface area contributed by atoms with Crippen LogP contribution in [0.15, 0.2) is 109 Å². The Balaban J connectivity index is 1.32. The van der Waals surface area contributed by atoms with Gasteiger partial charge < -0.3 is 15.7 Å². The first kappa shape index (κ1) is 24.6. The van der Waals surface area contributed by atoms with Crippen molar-refractivity contribution in [2.45, 2.75) is 6.92 Å². The Hall–Kier alpha value is -5.10. The number of benzene rings is 5. The summed E-state index contributed by atoms with van der Waals surface area (Å²) in [5.74, 6) is -0.962. The highest BCUT2D eigenvalue weighted by atomic mass is 16.4. The standard InChI is InChI=1S/C32H27N3O3/c1-21-17-27(33-26-11-5-10-25(19-26)31(36)37)15-16-30(21)24-9-6-12-29(20-24)35(2)32(38)34-28-14-13-22-7-3-4-8-23(22)18-28/h3-20,33H,1-2H3,(H,34,38)(H,36,37). The normalized spacial score (nSPS) is 10.7. The largest absolute Gasteiger partial charge is 0.478 e. The number of carboxylic acid groups (broad SMARTS) is 1. The van der Waals surface area contributed by atoms with Crippen molar-refractivity contribution in [3.63, 3.8) is 0 Å². The second kappa shape index (κ2) is 10.5. The summed E-state index contributed by atoms with van der Waals surface area (Å²) in [5, 5.41) is 17.7. The molecule has 0 bridgehead atoms. The van der Waals surface area contributed by atoms with Crippen LogP contribution >= 0.6 is 0 Å². The van der Waals surface area contributed by atoms with Gasteiger partial charge in [0.05, 0.1) is 5.56 Å². The maximum absolute atomic E-state index is 13.0. The highest BCUT2D eigenvalue weighted by Crippen LogP contribution is 2.30. The first-order valence-corrected chi connectivity index (χ1v) is 12.2. The zero-order valence-electron chi connectivity index (χ0n) is 21.1. The minimum atomic E-state index is -0.962. The number of anilines is 4. The van der Waals surface area contributed by atoms with E-state index in [-0.39, 0.29) is 11.6 Å². The molecule has 0 aliphatic heterocycles. The summed E-state index contributed by atoms with van der Waals surface area (Å²) in [6, 6.07) is 34.2. The lowest BCUT2D eigenvalue weighted by atomic mass is 9.99. The van der Waals surface area contributed by atoms with Gasteiger partial charge in [-0.2, -0.15) is 0 Å². The molecule has 0 saturated heterocycles. The van der Waals surface area contributed by atoms with Crippen LogP contribution in [0.5, 0.6) is 0 Å². The molecule has 0 aliphatic carbocycles. The molecule has 5 aromatic rings. The van der Waals surface area contributed by atoms with E-state index in [0.29, 0.717) is 5.69 Å². The highest BCUT2D eigenvalue weighted by Gasteiger charge is 2.13. The minimum Gasteiger partial charge on any atom is -0.478 e. The van der Waals surface area contributed by atoms with E-state index in [0.717, 1.165) is 44.5 Å². The Morgan fingerprint density at radius 1 is 0.711 bits per heavy atom. The van der Waals surface area contributed by atoms with Gasteiger partial charge in [-0.3, -0.25) is 4.90 Å². The minimum absolute atomic E-state index is 0.225. The molecule has 0 heterocycles. The van der Waals surface area contributed by atoms with Crippen molar-refractivity contribution in [2.75, 3.05) is 22.6 Å². The maximum Gasteiger partial charge on any atom is 0.335 e. The third kappa shape index (κ3) is 5.34. The van der Waals surface area contributed by atoms with Gasteiger partial charge in [0.15, 0.2) is 0 Å². The van der Waals surface area contributed by atoms with Crippen molar-refractivity contribution in [2.24, 2.45) is 0 Å². The van der Waals surface area contributed by atoms with E-state index < -0.39 is 5.97 Å². The van der Waals surface area contributed by atoms with Crippen molar-refractivity contribution < 1.29 is 14.7 Å². The highest BCUT2D eigenvalue weighted by molar-refractivity contribution is 6.03. The average Bonchev–Trinajstić information content (AvgIpc) is 2.93. The van der Waals surface area contributed by atoms with Crippen LogP contribution in [0, 0.1) is 6.92 Å². The molecule has 38 heavy (non-hydrogen) atoms. The SMILES string of the molecule is Cc1cc(Nc2cccc(C(=O)O)c2)ccc1-c1cccc(N(C)C(=O)Nc2ccc3ccccc3c2)c1. The fourth-order valence-corrected chi connectivity index (χ4v) is 4.44. The molecule has 3 N–H and O–H groups in total. The van der Waals surface area contributed by atoms with Crippen LogP contribution in [0.1, 0.15) is 15.9 Å². The maximum atomic E-state index is 13.0. The van der Waals surface area contributed by atoms with Gasteiger partial charge >= 0.3 is 12.0 Å². The number of nitrogens with one attached hydrogen (secondary N) is 2. The van der Waals surface area contributed by atoms with E-state index in [1.54, 1.807) is 30.1 Å². The fraction of sp³-hybridized carbons (Fsp3) is 0.0625. The van der Waals surface area contributed by atoms with E-state index in [4.69, 9.17) is 0 Å². The van der Waals surface area contributed by atoms with Gasteiger partial charge in [0, 0.05) is 29.8 Å². The number of carbonyl (C=O) groups is 2. The molecule has 0 radical (unpaired) electrons. The number of urea groups is 1. The van der Waals surface area contributed by atoms with Crippen molar-refractivity contribution in [3.05, 3.63) is 120 Å². The monoisotopic (exact) mass is 501 g/mol. The van der Waals surface area contributed by atoms with Crippen molar-refractivity contribution in [1.82, 2.24) is 0 Å². The predicted octanol–water partition coefficient (Wildman–Crippen LogP) is 7.93. The number of aromatic carboxylic acids is 1. The Kier molecular flexibility index (Phi) is 6.78. The zero-order chi connectivity index (χ0) is 26.6. The number of rotatable bonds is 6. The molecule has 2 amide bonds. The lowest BCUT2D eigenvalue weighted by Gasteiger charge is -2.20. The van der Waals surface area contributed by atoms with Crippen molar-refractivity contribution >= 4 is 45.5 Å². The van der Waals surface area contributed by atoms with Crippen LogP contribution in [0.2, 0.25) is 0 Å². The first-order valence-electron chi connectivity index (χ1n) is 12.2. The summed E-state index contributed by atoms with van der Waals surface area (Å²) >= 11 is 0. The van der Waals surface area contributed by atoms with Crippen LogP contribution in [0.4, 0.5) is 27.5 Å². The molecule has 0 fully saturated rings. The third-order valence-electron chi connectivity index (χ3n) is 6.47. The van der Waals surface area contributed by atoms with E-state index in [9.17, 15) is 14.7 Å². The third-order valence-corrected chi connectivity index (χ3v) is 6.47. The molecule has 5 aromatic carbocycles. The van der Waals surface area contributed by atoms with Gasteiger partial charge in [0.25, 0.3) is 0 Å². The summed E-state index contributed by atoms with van der Waals surface area (Å²) < 4.78 is 0. The van der Waals surface area contributed by atoms with E-state index in [1.807, 2.05) is 97.9 Å². The Morgan fingerprint density at radius 2 is 1.45 bits per heavy atom. The quantitative estimate of drug-likeness (QED) is 0.221. The van der Waals surface area contributed by atoms with E-state index in [1.165, 1.54) is 0 Å². The molecular weight excluding hydrogens is 474 g/mol. The zero-order valence-corrected chi connectivity index (χ0v) is 21.1. The van der Waals surface area contributed by atoms with Gasteiger partial charge in [0.2, 0.25) is 0 Å². The summed E-state index contributed by atoms with van der Waals surface area (Å²) in [7, 11) is 1.75. The van der Waals surface area contributed by atoms with Crippen molar-refractivity contribution in [3.8, 4) is 11.1 Å². The summed E-state index contributed by atoms with van der Waals surface area (Å²) in [5.41, 5.74) is 6.39. The lowest BCUT2D eigenvalue weighted by Crippen LogP contribution is -2.31. The van der Waals surface area contributed by atoms with Crippen LogP contribution in [0.25, 0.3) is 21.9 Å². The topological polar surface area (TPSA) is 81.7 Å². The van der Waals surface area contributed by atoms with Crippen LogP contribution in [-0.4, -0.2) is 24.2 Å². The molecule has 0 aliphatic rings. The molecule has 5 rings (SSSR count). The Bertz CT molecular complexity index is 1660. The molecular formula is C32H27N3O3. The molecule has 6 nitrogen and oxygen atoms in total. The smallest absolute Gasteiger partial charge is 0.335 e. The molecule has 188 valence electrons.